The molecular formula is C12H12N2O2. The number of nitrogens with zero attached hydrogens (tertiary/aromatic N) is 1. The highest BCUT2D eigenvalue weighted by atomic mass is 16.5. The first-order valence-electron chi connectivity index (χ1n) is 4.99. The number of hydrogen-bond donors (Lipinski definition) is 1. The molecule has 1 heterocycles. The second-order valence-corrected chi connectivity index (χ2v) is 3.58. The van der Waals surface area contributed by atoms with Crippen molar-refractivity contribution in [3.8, 4) is 0 Å². The molecule has 0 aliphatic rings. The van der Waals surface area contributed by atoms with Crippen LogP contribution in [0.4, 0.5) is 0 Å². The molecule has 0 unspecified atom stereocenters. The van der Waals surface area contributed by atoms with Crippen LogP contribution >= 0.6 is 0 Å². The minimum atomic E-state index is -0.178. The van der Waals surface area contributed by atoms with Gasteiger partial charge in [0, 0.05) is 6.54 Å². The van der Waals surface area contributed by atoms with Crippen molar-refractivity contribution in [1.29, 1.82) is 0 Å². The van der Waals surface area contributed by atoms with E-state index in [4.69, 9.17) is 0 Å². The lowest BCUT2D eigenvalue weighted by molar-refractivity contribution is 0.0950. The van der Waals surface area contributed by atoms with Crippen LogP contribution in [0.5, 0.6) is 0 Å². The van der Waals surface area contributed by atoms with Gasteiger partial charge in [0.15, 0.2) is 0 Å². The molecule has 0 fully saturated rings. The van der Waals surface area contributed by atoms with Crippen molar-refractivity contribution in [2.75, 3.05) is 0 Å². The third-order valence-corrected chi connectivity index (χ3v) is 2.23. The Hall–Kier alpha value is -2.10. The monoisotopic (exact) mass is 216 g/mol. The van der Waals surface area contributed by atoms with Gasteiger partial charge in [-0.25, -0.2) is 0 Å². The van der Waals surface area contributed by atoms with Crippen molar-refractivity contribution >= 4 is 5.91 Å². The fourth-order valence-corrected chi connectivity index (χ4v) is 1.42. The number of aromatic nitrogens is 1. The molecule has 0 saturated heterocycles. The van der Waals surface area contributed by atoms with Crippen molar-refractivity contribution in [2.45, 2.75) is 13.5 Å². The van der Waals surface area contributed by atoms with Crippen LogP contribution in [-0.2, 0) is 6.54 Å². The van der Waals surface area contributed by atoms with Gasteiger partial charge in [0.05, 0.1) is 11.8 Å². The Morgan fingerprint density at radius 2 is 2.38 bits per heavy atom. The summed E-state index contributed by atoms with van der Waals surface area (Å²) in [5.74, 6) is -0.178. The average molecular weight is 216 g/mol. The van der Waals surface area contributed by atoms with Crippen molar-refractivity contribution in [3.63, 3.8) is 0 Å². The van der Waals surface area contributed by atoms with E-state index in [2.05, 4.69) is 15.0 Å². The zero-order valence-corrected chi connectivity index (χ0v) is 8.93. The van der Waals surface area contributed by atoms with Crippen LogP contribution in [-0.4, -0.2) is 11.1 Å². The summed E-state index contributed by atoms with van der Waals surface area (Å²) in [6.07, 6.45) is 2.72. The van der Waals surface area contributed by atoms with Crippen LogP contribution in [0, 0.1) is 6.92 Å². The largest absolute Gasteiger partial charge is 0.364 e. The predicted molar refractivity (Wildman–Crippen MR) is 58.9 cm³/mol. The second-order valence-electron chi connectivity index (χ2n) is 3.58. The lowest BCUT2D eigenvalue weighted by Crippen LogP contribution is -2.22. The van der Waals surface area contributed by atoms with Crippen LogP contribution in [0.3, 0.4) is 0 Å². The second kappa shape index (κ2) is 4.61. The molecule has 0 aliphatic carbocycles. The summed E-state index contributed by atoms with van der Waals surface area (Å²) >= 11 is 0. The molecule has 1 amide bonds. The number of amides is 1. The SMILES string of the molecule is Cc1cccc(CNC(=O)c2cnoc2)c1. The Balaban J connectivity index is 1.95. The lowest BCUT2D eigenvalue weighted by atomic mass is 10.1. The summed E-state index contributed by atoms with van der Waals surface area (Å²) < 4.78 is 4.60. The summed E-state index contributed by atoms with van der Waals surface area (Å²) in [7, 11) is 0. The van der Waals surface area contributed by atoms with Crippen LogP contribution in [0.1, 0.15) is 21.5 Å². The molecule has 1 aromatic heterocycles. The molecule has 1 aromatic carbocycles. The van der Waals surface area contributed by atoms with E-state index in [1.165, 1.54) is 18.0 Å². The summed E-state index contributed by atoms with van der Waals surface area (Å²) in [5.41, 5.74) is 2.69. The molecule has 0 bridgehead atoms. The molecule has 0 spiro atoms. The van der Waals surface area contributed by atoms with Gasteiger partial charge in [-0.05, 0) is 12.5 Å². The Bertz CT molecular complexity index is 478. The minimum Gasteiger partial charge on any atom is -0.364 e. The first kappa shape index (κ1) is 10.4. The van der Waals surface area contributed by atoms with E-state index < -0.39 is 0 Å². The first-order valence-corrected chi connectivity index (χ1v) is 4.99. The molecule has 4 nitrogen and oxygen atoms in total. The molecule has 0 radical (unpaired) electrons. The van der Waals surface area contributed by atoms with Crippen molar-refractivity contribution in [2.24, 2.45) is 0 Å². The topological polar surface area (TPSA) is 55.1 Å². The van der Waals surface area contributed by atoms with Crippen molar-refractivity contribution < 1.29 is 9.32 Å². The van der Waals surface area contributed by atoms with Gasteiger partial charge in [-0.3, -0.25) is 4.79 Å². The molecule has 82 valence electrons. The van der Waals surface area contributed by atoms with Crippen LogP contribution in [0.15, 0.2) is 41.2 Å². The van der Waals surface area contributed by atoms with Crippen LogP contribution in [0.25, 0.3) is 0 Å². The third kappa shape index (κ3) is 2.48. The molecule has 0 atom stereocenters. The maximum absolute atomic E-state index is 11.6. The Morgan fingerprint density at radius 3 is 3.06 bits per heavy atom. The highest BCUT2D eigenvalue weighted by Gasteiger charge is 2.06. The zero-order valence-electron chi connectivity index (χ0n) is 8.93. The molecule has 4 heteroatoms. The quantitative estimate of drug-likeness (QED) is 0.852. The van der Waals surface area contributed by atoms with Crippen LogP contribution in [0.2, 0.25) is 0 Å². The molecule has 2 rings (SSSR count). The summed E-state index contributed by atoms with van der Waals surface area (Å²) in [5, 5.41) is 6.27. The smallest absolute Gasteiger partial charge is 0.256 e. The van der Waals surface area contributed by atoms with Gasteiger partial charge >= 0.3 is 0 Å². The highest BCUT2D eigenvalue weighted by molar-refractivity contribution is 5.93. The van der Waals surface area contributed by atoms with Crippen molar-refractivity contribution in [1.82, 2.24) is 10.5 Å². The summed E-state index contributed by atoms with van der Waals surface area (Å²) in [4.78, 5) is 11.6. The van der Waals surface area contributed by atoms with E-state index in [9.17, 15) is 4.79 Å². The minimum absolute atomic E-state index is 0.178. The van der Waals surface area contributed by atoms with Crippen molar-refractivity contribution in [3.05, 3.63) is 53.4 Å². The summed E-state index contributed by atoms with van der Waals surface area (Å²) in [6, 6.07) is 8.00. The number of aryl methyl sites for hydroxylation is 1. The molecule has 0 saturated carbocycles. The molecule has 2 aromatic rings. The number of rotatable bonds is 3. The standard InChI is InChI=1S/C12H12N2O2/c1-9-3-2-4-10(5-9)6-13-12(15)11-7-14-16-8-11/h2-5,7-8H,6H2,1H3,(H,13,15). The number of carbonyl (C=O) groups is 1. The Kier molecular flexibility index (Phi) is 3.00. The van der Waals surface area contributed by atoms with E-state index in [1.54, 1.807) is 0 Å². The van der Waals surface area contributed by atoms with E-state index in [-0.39, 0.29) is 5.91 Å². The van der Waals surface area contributed by atoms with E-state index in [1.807, 2.05) is 31.2 Å². The zero-order chi connectivity index (χ0) is 11.4. The maximum atomic E-state index is 11.6. The average Bonchev–Trinajstić information content (AvgIpc) is 2.79. The first-order chi connectivity index (χ1) is 7.75. The fourth-order valence-electron chi connectivity index (χ4n) is 1.42. The fraction of sp³-hybridized carbons (Fsp3) is 0.167. The van der Waals surface area contributed by atoms with Gasteiger partial charge in [0.2, 0.25) is 0 Å². The van der Waals surface area contributed by atoms with Gasteiger partial charge in [-0.15, -0.1) is 0 Å². The highest BCUT2D eigenvalue weighted by Crippen LogP contribution is 2.04. The number of nitrogens with one attached hydrogen (secondary N) is 1. The Labute approximate surface area is 93.3 Å². The molecular weight excluding hydrogens is 204 g/mol. The molecule has 16 heavy (non-hydrogen) atoms. The van der Waals surface area contributed by atoms with Crippen LogP contribution < -0.4 is 5.32 Å². The van der Waals surface area contributed by atoms with Gasteiger partial charge in [0.25, 0.3) is 5.91 Å². The number of hydrogen-bond acceptors (Lipinski definition) is 3. The summed E-state index contributed by atoms with van der Waals surface area (Å²) in [6.45, 7) is 2.52. The number of carbonyl (C=O) groups excluding carboxylic acids is 1. The maximum Gasteiger partial charge on any atom is 0.256 e. The predicted octanol–water partition coefficient (Wildman–Crippen LogP) is 1.91. The van der Waals surface area contributed by atoms with Gasteiger partial charge in [0.1, 0.15) is 6.26 Å². The normalized spacial score (nSPS) is 10.1. The van der Waals surface area contributed by atoms with Gasteiger partial charge in [-0.2, -0.15) is 0 Å². The van der Waals surface area contributed by atoms with Gasteiger partial charge < -0.3 is 9.84 Å². The molecule has 0 aliphatic heterocycles. The lowest BCUT2D eigenvalue weighted by Gasteiger charge is -2.04. The van der Waals surface area contributed by atoms with Gasteiger partial charge in [-0.1, -0.05) is 35.0 Å². The third-order valence-electron chi connectivity index (χ3n) is 2.23. The van der Waals surface area contributed by atoms with E-state index >= 15 is 0 Å². The van der Waals surface area contributed by atoms with E-state index in [0.29, 0.717) is 12.1 Å². The van der Waals surface area contributed by atoms with E-state index in [0.717, 1.165) is 5.56 Å². The number of benzene rings is 1. The Morgan fingerprint density at radius 1 is 1.50 bits per heavy atom. The molecule has 1 N–H and O–H groups in total.